The first-order chi connectivity index (χ1) is 9.98. The van der Waals surface area contributed by atoms with E-state index in [-0.39, 0.29) is 18.1 Å². The van der Waals surface area contributed by atoms with Gasteiger partial charge in [-0.1, -0.05) is 24.8 Å². The third kappa shape index (κ3) is 6.88. The topological polar surface area (TPSA) is 43.4 Å². The molecule has 0 amide bonds. The number of aryl methyl sites for hydroxylation is 1. The van der Waals surface area contributed by atoms with Crippen LogP contribution in [0.3, 0.4) is 0 Å². The van der Waals surface area contributed by atoms with Crippen molar-refractivity contribution >= 4 is 21.4 Å². The third-order valence-electron chi connectivity index (χ3n) is 2.74. The summed E-state index contributed by atoms with van der Waals surface area (Å²) in [7, 11) is -3.02. The molecule has 21 heavy (non-hydrogen) atoms. The van der Waals surface area contributed by atoms with Crippen molar-refractivity contribution in [3.05, 3.63) is 29.3 Å². The smallest absolute Gasteiger partial charge is 0.153 e. The zero-order chi connectivity index (χ0) is 15.7. The third-order valence-corrected chi connectivity index (χ3v) is 4.75. The molecule has 0 unspecified atom stereocenters. The summed E-state index contributed by atoms with van der Waals surface area (Å²) in [6, 6.07) is 5.67. The van der Waals surface area contributed by atoms with Crippen molar-refractivity contribution in [2.45, 2.75) is 26.7 Å². The van der Waals surface area contributed by atoms with E-state index in [1.54, 1.807) is 0 Å². The molecular formula is C16H21ClO3S. The van der Waals surface area contributed by atoms with Gasteiger partial charge in [-0.05, 0) is 31.0 Å². The van der Waals surface area contributed by atoms with Gasteiger partial charge in [0.25, 0.3) is 0 Å². The first kappa shape index (κ1) is 17.9. The molecule has 116 valence electrons. The lowest BCUT2D eigenvalue weighted by atomic mass is 10.1. The van der Waals surface area contributed by atoms with Gasteiger partial charge in [-0.15, -0.1) is 11.6 Å². The van der Waals surface area contributed by atoms with Gasteiger partial charge in [0.15, 0.2) is 9.84 Å². The van der Waals surface area contributed by atoms with Crippen LogP contribution in [0.4, 0.5) is 0 Å². The van der Waals surface area contributed by atoms with E-state index in [9.17, 15) is 8.42 Å². The average molecular weight is 329 g/mol. The number of benzene rings is 1. The van der Waals surface area contributed by atoms with Crippen LogP contribution in [0, 0.1) is 18.8 Å². The highest BCUT2D eigenvalue weighted by Crippen LogP contribution is 2.19. The molecule has 0 N–H and O–H groups in total. The van der Waals surface area contributed by atoms with Gasteiger partial charge in [-0.2, -0.15) is 0 Å². The number of sulfone groups is 1. The molecule has 0 spiro atoms. The monoisotopic (exact) mass is 328 g/mol. The average Bonchev–Trinajstić information content (AvgIpc) is 2.41. The van der Waals surface area contributed by atoms with Crippen molar-refractivity contribution in [3.63, 3.8) is 0 Å². The first-order valence-corrected chi connectivity index (χ1v) is 9.33. The highest BCUT2D eigenvalue weighted by molar-refractivity contribution is 7.91. The molecule has 1 rings (SSSR count). The molecule has 0 bridgehead atoms. The number of halogens is 1. The van der Waals surface area contributed by atoms with Crippen LogP contribution in [-0.4, -0.2) is 32.4 Å². The molecule has 0 aliphatic rings. The molecule has 0 heterocycles. The van der Waals surface area contributed by atoms with Crippen LogP contribution in [0.1, 0.15) is 30.9 Å². The van der Waals surface area contributed by atoms with Crippen LogP contribution in [0.25, 0.3) is 0 Å². The number of ether oxygens (including phenoxy) is 1. The molecule has 0 atom stereocenters. The molecular weight excluding hydrogens is 308 g/mol. The van der Waals surface area contributed by atoms with Crippen LogP contribution >= 0.6 is 11.6 Å². The Morgan fingerprint density at radius 3 is 2.71 bits per heavy atom. The van der Waals surface area contributed by atoms with E-state index in [4.69, 9.17) is 16.3 Å². The molecule has 1 aromatic carbocycles. The molecule has 0 saturated heterocycles. The number of hydrogen-bond donors (Lipinski definition) is 0. The van der Waals surface area contributed by atoms with Crippen LogP contribution in [-0.2, 0) is 9.84 Å². The molecule has 0 radical (unpaired) electrons. The van der Waals surface area contributed by atoms with Crippen molar-refractivity contribution < 1.29 is 13.2 Å². The van der Waals surface area contributed by atoms with Crippen LogP contribution < -0.4 is 4.74 Å². The second kappa shape index (κ2) is 8.96. The fraction of sp³-hybridized carbons (Fsp3) is 0.500. The summed E-state index contributed by atoms with van der Waals surface area (Å²) in [6.45, 7) is 3.97. The Morgan fingerprint density at radius 1 is 1.29 bits per heavy atom. The highest BCUT2D eigenvalue weighted by Gasteiger charge is 2.10. The molecule has 0 aliphatic heterocycles. The van der Waals surface area contributed by atoms with Crippen molar-refractivity contribution in [2.75, 3.05) is 24.0 Å². The lowest BCUT2D eigenvalue weighted by molar-refractivity contribution is 0.340. The van der Waals surface area contributed by atoms with Crippen molar-refractivity contribution in [3.8, 4) is 17.6 Å². The summed E-state index contributed by atoms with van der Waals surface area (Å²) in [5.74, 6) is 7.33. The quantitative estimate of drug-likeness (QED) is 0.570. The Hall–Kier alpha value is -1.18. The van der Waals surface area contributed by atoms with Crippen LogP contribution in [0.15, 0.2) is 18.2 Å². The van der Waals surface area contributed by atoms with Gasteiger partial charge in [-0.25, -0.2) is 8.42 Å². The van der Waals surface area contributed by atoms with Gasteiger partial charge >= 0.3 is 0 Å². The van der Waals surface area contributed by atoms with Gasteiger partial charge in [0.2, 0.25) is 0 Å². The van der Waals surface area contributed by atoms with Crippen molar-refractivity contribution in [2.24, 2.45) is 0 Å². The Morgan fingerprint density at radius 2 is 2.05 bits per heavy atom. The maximum atomic E-state index is 11.6. The van der Waals surface area contributed by atoms with E-state index in [0.29, 0.717) is 24.5 Å². The molecule has 5 heteroatoms. The minimum atomic E-state index is -3.02. The minimum Gasteiger partial charge on any atom is -0.491 e. The summed E-state index contributed by atoms with van der Waals surface area (Å²) in [4.78, 5) is 0. The van der Waals surface area contributed by atoms with E-state index in [2.05, 4.69) is 11.8 Å². The van der Waals surface area contributed by atoms with Crippen LogP contribution in [0.5, 0.6) is 5.75 Å². The molecule has 0 fully saturated rings. The summed E-state index contributed by atoms with van der Waals surface area (Å²) < 4.78 is 28.9. The molecule has 1 aromatic rings. The van der Waals surface area contributed by atoms with E-state index in [0.717, 1.165) is 11.1 Å². The standard InChI is InChI=1S/C16H21ClO3S/c1-3-11-21(18,19)12-10-20-16-8-7-14(2)13-15(16)6-4-5-9-17/h7-8,13H,3,5,9-12H2,1-2H3. The number of rotatable bonds is 7. The first-order valence-electron chi connectivity index (χ1n) is 6.97. The summed E-state index contributed by atoms with van der Waals surface area (Å²) >= 11 is 5.60. The summed E-state index contributed by atoms with van der Waals surface area (Å²) in [6.07, 6.45) is 1.24. The normalized spacial score (nSPS) is 10.8. The fourth-order valence-corrected chi connectivity index (χ4v) is 3.02. The fourth-order valence-electron chi connectivity index (χ4n) is 1.76. The second-order valence-corrected chi connectivity index (χ2v) is 7.42. The van der Waals surface area contributed by atoms with Crippen LogP contribution in [0.2, 0.25) is 0 Å². The largest absolute Gasteiger partial charge is 0.491 e. The van der Waals surface area contributed by atoms with Gasteiger partial charge in [0, 0.05) is 12.3 Å². The summed E-state index contributed by atoms with van der Waals surface area (Å²) in [5.41, 5.74) is 1.85. The van der Waals surface area contributed by atoms with E-state index < -0.39 is 9.84 Å². The molecule has 0 aliphatic carbocycles. The van der Waals surface area contributed by atoms with E-state index >= 15 is 0 Å². The Kier molecular flexibility index (Phi) is 7.63. The predicted octanol–water partition coefficient (Wildman–Crippen LogP) is 3.18. The maximum absolute atomic E-state index is 11.6. The van der Waals surface area contributed by atoms with Gasteiger partial charge in [0.1, 0.15) is 12.4 Å². The lowest BCUT2D eigenvalue weighted by Crippen LogP contribution is -2.17. The Balaban J connectivity index is 2.73. The number of hydrogen-bond acceptors (Lipinski definition) is 3. The number of alkyl halides is 1. The summed E-state index contributed by atoms with van der Waals surface area (Å²) in [5, 5.41) is 0. The Bertz CT molecular complexity index is 612. The van der Waals surface area contributed by atoms with Gasteiger partial charge in [0.05, 0.1) is 17.1 Å². The second-order valence-electron chi connectivity index (χ2n) is 4.74. The minimum absolute atomic E-state index is 0.0310. The zero-order valence-electron chi connectivity index (χ0n) is 12.5. The SMILES string of the molecule is CCCS(=O)(=O)CCOc1ccc(C)cc1C#CCCCl. The Labute approximate surface area is 132 Å². The highest BCUT2D eigenvalue weighted by atomic mass is 35.5. The molecule has 0 aromatic heterocycles. The maximum Gasteiger partial charge on any atom is 0.153 e. The predicted molar refractivity (Wildman–Crippen MR) is 87.8 cm³/mol. The zero-order valence-corrected chi connectivity index (χ0v) is 14.1. The van der Waals surface area contributed by atoms with Gasteiger partial charge < -0.3 is 4.74 Å². The van der Waals surface area contributed by atoms with Crippen molar-refractivity contribution in [1.29, 1.82) is 0 Å². The lowest BCUT2D eigenvalue weighted by Gasteiger charge is -2.09. The van der Waals surface area contributed by atoms with E-state index in [1.807, 2.05) is 32.0 Å². The molecule has 3 nitrogen and oxygen atoms in total. The van der Waals surface area contributed by atoms with Gasteiger partial charge in [-0.3, -0.25) is 0 Å². The van der Waals surface area contributed by atoms with E-state index in [1.165, 1.54) is 0 Å². The molecule has 0 saturated carbocycles. The van der Waals surface area contributed by atoms with Crippen molar-refractivity contribution in [1.82, 2.24) is 0 Å².